The van der Waals surface area contributed by atoms with Crippen LogP contribution in [0.2, 0.25) is 0 Å². The Balaban J connectivity index is 1.17. The van der Waals surface area contributed by atoms with Crippen LogP contribution in [0.4, 0.5) is 0 Å². The lowest BCUT2D eigenvalue weighted by Gasteiger charge is -2.09. The molecule has 0 bridgehead atoms. The summed E-state index contributed by atoms with van der Waals surface area (Å²) in [5, 5.41) is 2.40. The van der Waals surface area contributed by atoms with Gasteiger partial charge in [0.15, 0.2) is 5.82 Å². The zero-order valence-corrected chi connectivity index (χ0v) is 23.2. The highest BCUT2D eigenvalue weighted by atomic mass is 16.5. The molecule has 1 heterocycles. The van der Waals surface area contributed by atoms with Crippen LogP contribution >= 0.6 is 0 Å². The molecule has 37 heavy (non-hydrogen) atoms. The van der Waals surface area contributed by atoms with Gasteiger partial charge in [0.25, 0.3) is 0 Å². The molecule has 0 spiro atoms. The van der Waals surface area contributed by atoms with E-state index in [4.69, 9.17) is 4.74 Å². The lowest BCUT2D eigenvalue weighted by molar-refractivity contribution is 0.304. The topological polar surface area (TPSA) is 35.0 Å². The molecule has 1 aliphatic rings. The second kappa shape index (κ2) is 15.7. The van der Waals surface area contributed by atoms with Crippen molar-refractivity contribution in [2.24, 2.45) is 5.92 Å². The van der Waals surface area contributed by atoms with Crippen molar-refractivity contribution in [1.29, 1.82) is 0 Å². The van der Waals surface area contributed by atoms with Crippen molar-refractivity contribution in [2.75, 3.05) is 6.61 Å². The average Bonchev–Trinajstić information content (AvgIpc) is 3.46. The molecule has 3 aromatic rings. The number of fused-ring (bicyclic) bond motifs is 1. The minimum absolute atomic E-state index is 0.803. The van der Waals surface area contributed by atoms with Crippen LogP contribution in [0.15, 0.2) is 48.8 Å². The predicted octanol–water partition coefficient (Wildman–Crippen LogP) is 10.1. The van der Waals surface area contributed by atoms with Gasteiger partial charge in [-0.1, -0.05) is 115 Å². The molecular formula is C34H48N2O. The number of aryl methyl sites for hydroxylation is 1. The zero-order chi connectivity index (χ0) is 25.5. The molecule has 3 nitrogen and oxygen atoms in total. The molecule has 0 unspecified atom stereocenters. The van der Waals surface area contributed by atoms with Crippen molar-refractivity contribution >= 4 is 10.8 Å². The van der Waals surface area contributed by atoms with Crippen molar-refractivity contribution in [3.8, 4) is 17.1 Å². The Morgan fingerprint density at radius 3 is 2.22 bits per heavy atom. The third-order valence-electron chi connectivity index (χ3n) is 8.09. The van der Waals surface area contributed by atoms with Gasteiger partial charge in [0.2, 0.25) is 0 Å². The standard InChI is InChI=1S/C34H48N2O/c1-2-3-4-5-7-11-18-29-26-35-34(36-27-29)32-20-19-31-25-33(22-21-30(31)24-32)37-23-14-9-6-8-10-15-28-16-12-13-17-28/h19-22,24-28H,2-18,23H2,1H3. The molecule has 0 radical (unpaired) electrons. The molecule has 2 aromatic carbocycles. The van der Waals surface area contributed by atoms with E-state index in [1.807, 2.05) is 12.4 Å². The van der Waals surface area contributed by atoms with E-state index < -0.39 is 0 Å². The maximum atomic E-state index is 6.06. The first-order valence-electron chi connectivity index (χ1n) is 15.3. The quantitative estimate of drug-likeness (QED) is 0.173. The van der Waals surface area contributed by atoms with Crippen LogP contribution in [0.25, 0.3) is 22.2 Å². The van der Waals surface area contributed by atoms with Gasteiger partial charge >= 0.3 is 0 Å². The molecule has 1 aliphatic carbocycles. The zero-order valence-electron chi connectivity index (χ0n) is 23.2. The fourth-order valence-corrected chi connectivity index (χ4v) is 5.75. The van der Waals surface area contributed by atoms with Crippen molar-refractivity contribution in [3.63, 3.8) is 0 Å². The van der Waals surface area contributed by atoms with Crippen molar-refractivity contribution in [3.05, 3.63) is 54.4 Å². The van der Waals surface area contributed by atoms with E-state index in [2.05, 4.69) is 53.3 Å². The average molecular weight is 501 g/mol. The SMILES string of the molecule is CCCCCCCCc1cnc(-c2ccc3cc(OCCCCCCCC4CCCC4)ccc3c2)nc1. The highest BCUT2D eigenvalue weighted by Gasteiger charge is 2.13. The summed E-state index contributed by atoms with van der Waals surface area (Å²) in [6.07, 6.45) is 27.0. The second-order valence-corrected chi connectivity index (χ2v) is 11.2. The van der Waals surface area contributed by atoms with Gasteiger partial charge in [0, 0.05) is 18.0 Å². The molecular weight excluding hydrogens is 452 g/mol. The van der Waals surface area contributed by atoms with E-state index >= 15 is 0 Å². The molecule has 0 atom stereocenters. The summed E-state index contributed by atoms with van der Waals surface area (Å²) in [6.45, 7) is 3.08. The fraction of sp³-hybridized carbons (Fsp3) is 0.588. The van der Waals surface area contributed by atoms with E-state index in [1.165, 1.54) is 113 Å². The van der Waals surface area contributed by atoms with Gasteiger partial charge < -0.3 is 4.74 Å². The third kappa shape index (κ3) is 9.43. The van der Waals surface area contributed by atoms with E-state index in [9.17, 15) is 0 Å². The molecule has 0 aliphatic heterocycles. The largest absolute Gasteiger partial charge is 0.494 e. The van der Waals surface area contributed by atoms with E-state index in [1.54, 1.807) is 0 Å². The van der Waals surface area contributed by atoms with E-state index in [0.717, 1.165) is 42.5 Å². The summed E-state index contributed by atoms with van der Waals surface area (Å²) < 4.78 is 6.06. The van der Waals surface area contributed by atoms with Crippen LogP contribution in [-0.4, -0.2) is 16.6 Å². The number of ether oxygens (including phenoxy) is 1. The lowest BCUT2D eigenvalue weighted by Crippen LogP contribution is -1.98. The molecule has 1 aromatic heterocycles. The van der Waals surface area contributed by atoms with Crippen molar-refractivity contribution in [1.82, 2.24) is 9.97 Å². The molecule has 0 N–H and O–H groups in total. The third-order valence-corrected chi connectivity index (χ3v) is 8.09. The van der Waals surface area contributed by atoms with Crippen molar-refractivity contribution < 1.29 is 4.74 Å². The first-order valence-corrected chi connectivity index (χ1v) is 15.3. The number of nitrogens with zero attached hydrogens (tertiary/aromatic N) is 2. The number of rotatable bonds is 17. The van der Waals surface area contributed by atoms with Crippen LogP contribution in [0.5, 0.6) is 5.75 Å². The Morgan fingerprint density at radius 2 is 1.41 bits per heavy atom. The minimum Gasteiger partial charge on any atom is -0.494 e. The first kappa shape index (κ1) is 27.6. The molecule has 0 amide bonds. The summed E-state index contributed by atoms with van der Waals surface area (Å²) in [6, 6.07) is 12.9. The fourth-order valence-electron chi connectivity index (χ4n) is 5.75. The Hall–Kier alpha value is -2.42. The van der Waals surface area contributed by atoms with E-state index in [-0.39, 0.29) is 0 Å². The summed E-state index contributed by atoms with van der Waals surface area (Å²) in [5.74, 6) is 2.81. The maximum Gasteiger partial charge on any atom is 0.159 e. The van der Waals surface area contributed by atoms with Crippen molar-refractivity contribution in [2.45, 2.75) is 116 Å². The van der Waals surface area contributed by atoms with E-state index in [0.29, 0.717) is 0 Å². The normalized spacial score (nSPS) is 14.0. The smallest absolute Gasteiger partial charge is 0.159 e. The van der Waals surface area contributed by atoms with Gasteiger partial charge in [-0.05, 0) is 59.7 Å². The molecule has 200 valence electrons. The molecule has 1 fully saturated rings. The monoisotopic (exact) mass is 500 g/mol. The van der Waals surface area contributed by atoms with Gasteiger partial charge in [-0.2, -0.15) is 0 Å². The first-order chi connectivity index (χ1) is 18.3. The summed E-state index contributed by atoms with van der Waals surface area (Å²) in [4.78, 5) is 9.32. The Kier molecular flexibility index (Phi) is 11.7. The maximum absolute atomic E-state index is 6.06. The van der Waals surface area contributed by atoms with Crippen LogP contribution < -0.4 is 4.74 Å². The highest BCUT2D eigenvalue weighted by molar-refractivity contribution is 5.87. The lowest BCUT2D eigenvalue weighted by atomic mass is 9.99. The number of hydrogen-bond acceptors (Lipinski definition) is 3. The van der Waals surface area contributed by atoms with Gasteiger partial charge in [-0.25, -0.2) is 9.97 Å². The number of aromatic nitrogens is 2. The predicted molar refractivity (Wildman–Crippen MR) is 157 cm³/mol. The highest BCUT2D eigenvalue weighted by Crippen LogP contribution is 2.29. The van der Waals surface area contributed by atoms with Gasteiger partial charge in [0.1, 0.15) is 5.75 Å². The van der Waals surface area contributed by atoms with Gasteiger partial charge in [0.05, 0.1) is 6.61 Å². The Bertz CT molecular complexity index is 1040. The van der Waals surface area contributed by atoms with Crippen LogP contribution in [-0.2, 0) is 6.42 Å². The summed E-state index contributed by atoms with van der Waals surface area (Å²) in [7, 11) is 0. The molecule has 4 rings (SSSR count). The number of benzene rings is 2. The second-order valence-electron chi connectivity index (χ2n) is 11.2. The van der Waals surface area contributed by atoms with Crippen LogP contribution in [0, 0.1) is 5.92 Å². The van der Waals surface area contributed by atoms with Gasteiger partial charge in [-0.15, -0.1) is 0 Å². The molecule has 3 heteroatoms. The number of unbranched alkanes of at least 4 members (excludes halogenated alkanes) is 9. The Morgan fingerprint density at radius 1 is 0.730 bits per heavy atom. The summed E-state index contributed by atoms with van der Waals surface area (Å²) >= 11 is 0. The van der Waals surface area contributed by atoms with Gasteiger partial charge in [-0.3, -0.25) is 0 Å². The number of hydrogen-bond donors (Lipinski definition) is 0. The minimum atomic E-state index is 0.803. The molecule has 0 saturated heterocycles. The summed E-state index contributed by atoms with van der Waals surface area (Å²) in [5.41, 5.74) is 2.31. The Labute approximate surface area is 225 Å². The van der Waals surface area contributed by atoms with Crippen LogP contribution in [0.1, 0.15) is 115 Å². The molecule has 1 saturated carbocycles. The van der Waals surface area contributed by atoms with Crippen LogP contribution in [0.3, 0.4) is 0 Å².